The van der Waals surface area contributed by atoms with E-state index in [9.17, 15) is 9.59 Å². The molecule has 3 amide bonds. The van der Waals surface area contributed by atoms with E-state index in [4.69, 9.17) is 5.73 Å². The molecular weight excluding hydrogens is 282 g/mol. The summed E-state index contributed by atoms with van der Waals surface area (Å²) in [7, 11) is 0. The highest BCUT2D eigenvalue weighted by Crippen LogP contribution is 2.16. The molecule has 0 spiro atoms. The lowest BCUT2D eigenvalue weighted by Crippen LogP contribution is -2.40. The van der Waals surface area contributed by atoms with Crippen LogP contribution in [-0.4, -0.2) is 58.9 Å². The average molecular weight is 305 g/mol. The largest absolute Gasteiger partial charge is 0.367 e. The zero-order valence-corrected chi connectivity index (χ0v) is 13.1. The topological polar surface area (TPSA) is 91.6 Å². The predicted octanol–water partition coefficient (Wildman–Crippen LogP) is 1.13. The Morgan fingerprint density at radius 2 is 1.91 bits per heavy atom. The predicted molar refractivity (Wildman–Crippen MR) is 84.7 cm³/mol. The lowest BCUT2D eigenvalue weighted by Gasteiger charge is -2.22. The highest BCUT2D eigenvalue weighted by molar-refractivity contribution is 5.98. The second kappa shape index (κ2) is 7.11. The van der Waals surface area contributed by atoms with E-state index in [1.54, 1.807) is 28.1 Å². The molecule has 0 aromatic carbocycles. The minimum absolute atomic E-state index is 0.0671. The molecule has 7 nitrogen and oxygen atoms in total. The number of carbonyl (C=O) groups excluding carboxylic acids is 2. The second-order valence-electron chi connectivity index (χ2n) is 5.67. The van der Waals surface area contributed by atoms with Crippen LogP contribution >= 0.6 is 0 Å². The molecule has 2 rings (SSSR count). The number of amides is 3. The van der Waals surface area contributed by atoms with Crippen LogP contribution in [0.25, 0.3) is 0 Å². The minimum Gasteiger partial charge on any atom is -0.367 e. The maximum Gasteiger partial charge on any atom is 0.314 e. The molecule has 22 heavy (non-hydrogen) atoms. The molecule has 0 unspecified atom stereocenters. The van der Waals surface area contributed by atoms with E-state index in [0.29, 0.717) is 37.6 Å². The van der Waals surface area contributed by atoms with Crippen molar-refractivity contribution >= 4 is 17.8 Å². The van der Waals surface area contributed by atoms with Gasteiger partial charge in [-0.25, -0.2) is 9.78 Å². The minimum atomic E-state index is -0.433. The number of hydrogen-bond acceptors (Lipinski definition) is 4. The highest BCUT2D eigenvalue weighted by atomic mass is 16.2. The Bertz CT molecular complexity index is 546. The summed E-state index contributed by atoms with van der Waals surface area (Å²) in [5, 5.41) is 3.19. The first-order valence-corrected chi connectivity index (χ1v) is 7.54. The fourth-order valence-corrected chi connectivity index (χ4v) is 2.48. The Hall–Kier alpha value is -2.31. The van der Waals surface area contributed by atoms with Crippen molar-refractivity contribution in [3.63, 3.8) is 0 Å². The molecule has 1 fully saturated rings. The molecule has 1 aliphatic heterocycles. The van der Waals surface area contributed by atoms with Gasteiger partial charge in [0.2, 0.25) is 0 Å². The van der Waals surface area contributed by atoms with E-state index >= 15 is 0 Å². The number of primary amides is 1. The lowest BCUT2D eigenvalue weighted by molar-refractivity contribution is 0.0763. The van der Waals surface area contributed by atoms with Crippen molar-refractivity contribution in [1.29, 1.82) is 0 Å². The summed E-state index contributed by atoms with van der Waals surface area (Å²) in [5.41, 5.74) is 5.87. The summed E-state index contributed by atoms with van der Waals surface area (Å²) in [5.74, 6) is 0.529. The molecule has 1 aromatic rings. The molecule has 0 atom stereocenters. The van der Waals surface area contributed by atoms with E-state index in [1.807, 2.05) is 13.8 Å². The smallest absolute Gasteiger partial charge is 0.314 e. The van der Waals surface area contributed by atoms with Gasteiger partial charge in [-0.1, -0.05) is 0 Å². The molecule has 3 N–H and O–H groups in total. The van der Waals surface area contributed by atoms with Crippen LogP contribution < -0.4 is 11.1 Å². The number of carbonyl (C=O) groups is 2. The molecular formula is C15H23N5O2. The third-order valence-electron chi connectivity index (χ3n) is 3.56. The first-order chi connectivity index (χ1) is 10.5. The molecule has 2 heterocycles. The Balaban J connectivity index is 2.13. The summed E-state index contributed by atoms with van der Waals surface area (Å²) >= 11 is 0. The van der Waals surface area contributed by atoms with E-state index in [-0.39, 0.29) is 11.9 Å². The van der Waals surface area contributed by atoms with Crippen molar-refractivity contribution in [2.45, 2.75) is 26.3 Å². The van der Waals surface area contributed by atoms with Gasteiger partial charge in [-0.15, -0.1) is 0 Å². The molecule has 1 aromatic heterocycles. The number of anilines is 1. The third kappa shape index (κ3) is 3.87. The fraction of sp³-hybridized carbons (Fsp3) is 0.533. The van der Waals surface area contributed by atoms with E-state index in [1.165, 1.54) is 0 Å². The van der Waals surface area contributed by atoms with Crippen LogP contribution in [-0.2, 0) is 0 Å². The zero-order chi connectivity index (χ0) is 16.1. The molecule has 1 aliphatic rings. The normalized spacial score (nSPS) is 15.6. The van der Waals surface area contributed by atoms with Gasteiger partial charge in [0.05, 0.1) is 5.56 Å². The van der Waals surface area contributed by atoms with Crippen molar-refractivity contribution in [2.75, 3.05) is 31.5 Å². The van der Waals surface area contributed by atoms with E-state index < -0.39 is 6.03 Å². The third-order valence-corrected chi connectivity index (χ3v) is 3.56. The number of pyridine rings is 1. The Kier molecular flexibility index (Phi) is 5.19. The average Bonchev–Trinajstić information content (AvgIpc) is 2.72. The van der Waals surface area contributed by atoms with E-state index in [0.717, 1.165) is 6.42 Å². The molecule has 0 saturated carbocycles. The van der Waals surface area contributed by atoms with Crippen molar-refractivity contribution in [1.82, 2.24) is 14.8 Å². The molecule has 1 saturated heterocycles. The van der Waals surface area contributed by atoms with Gasteiger partial charge in [0.1, 0.15) is 5.82 Å². The van der Waals surface area contributed by atoms with Gasteiger partial charge < -0.3 is 20.9 Å². The van der Waals surface area contributed by atoms with Gasteiger partial charge in [-0.05, 0) is 32.4 Å². The summed E-state index contributed by atoms with van der Waals surface area (Å²) < 4.78 is 0. The first kappa shape index (κ1) is 16.1. The first-order valence-electron chi connectivity index (χ1n) is 7.54. The Labute approximate surface area is 130 Å². The number of aromatic nitrogens is 1. The van der Waals surface area contributed by atoms with Gasteiger partial charge in [-0.2, -0.15) is 0 Å². The molecule has 0 bridgehead atoms. The molecule has 7 heteroatoms. The quantitative estimate of drug-likeness (QED) is 0.875. The van der Waals surface area contributed by atoms with Crippen LogP contribution in [0.5, 0.6) is 0 Å². The second-order valence-corrected chi connectivity index (χ2v) is 5.67. The Morgan fingerprint density at radius 3 is 2.59 bits per heavy atom. The van der Waals surface area contributed by atoms with Crippen LogP contribution in [0.15, 0.2) is 18.3 Å². The SMILES string of the molecule is CC(C)Nc1ncccc1C(=O)N1CCCN(C(N)=O)CC1. The number of hydrogen-bond donors (Lipinski definition) is 2. The number of nitrogens with one attached hydrogen (secondary N) is 1. The maximum absolute atomic E-state index is 12.7. The monoisotopic (exact) mass is 305 g/mol. The number of nitrogens with two attached hydrogens (primary N) is 1. The summed E-state index contributed by atoms with van der Waals surface area (Å²) in [6, 6.07) is 3.29. The van der Waals surface area contributed by atoms with Crippen LogP contribution in [0.1, 0.15) is 30.6 Å². The van der Waals surface area contributed by atoms with Crippen LogP contribution in [0.3, 0.4) is 0 Å². The zero-order valence-electron chi connectivity index (χ0n) is 13.1. The number of rotatable bonds is 3. The maximum atomic E-state index is 12.7. The highest BCUT2D eigenvalue weighted by Gasteiger charge is 2.23. The van der Waals surface area contributed by atoms with Crippen LogP contribution in [0, 0.1) is 0 Å². The summed E-state index contributed by atoms with van der Waals surface area (Å²) in [6.07, 6.45) is 2.39. The molecule has 0 radical (unpaired) electrons. The Morgan fingerprint density at radius 1 is 1.23 bits per heavy atom. The van der Waals surface area contributed by atoms with Gasteiger partial charge in [-0.3, -0.25) is 4.79 Å². The van der Waals surface area contributed by atoms with Gasteiger partial charge in [0.15, 0.2) is 0 Å². The van der Waals surface area contributed by atoms with Crippen molar-refractivity contribution in [3.8, 4) is 0 Å². The summed E-state index contributed by atoms with van der Waals surface area (Å²) in [4.78, 5) is 31.6. The lowest BCUT2D eigenvalue weighted by atomic mass is 10.2. The van der Waals surface area contributed by atoms with Gasteiger partial charge in [0, 0.05) is 38.4 Å². The van der Waals surface area contributed by atoms with Crippen molar-refractivity contribution < 1.29 is 9.59 Å². The standard InChI is InChI=1S/C15H23N5O2/c1-11(2)18-13-12(5-3-6-17-13)14(21)19-7-4-8-20(10-9-19)15(16)22/h3,5-6,11H,4,7-10H2,1-2H3,(H2,16,22)(H,17,18). The molecule has 0 aliphatic carbocycles. The number of nitrogens with zero attached hydrogens (tertiary/aromatic N) is 3. The van der Waals surface area contributed by atoms with Crippen LogP contribution in [0.2, 0.25) is 0 Å². The van der Waals surface area contributed by atoms with Crippen LogP contribution in [0.4, 0.5) is 10.6 Å². The van der Waals surface area contributed by atoms with Crippen molar-refractivity contribution in [2.24, 2.45) is 5.73 Å². The van der Waals surface area contributed by atoms with Crippen molar-refractivity contribution in [3.05, 3.63) is 23.9 Å². The summed E-state index contributed by atoms with van der Waals surface area (Å²) in [6.45, 7) is 6.15. The van der Waals surface area contributed by atoms with Gasteiger partial charge in [0.25, 0.3) is 5.91 Å². The fourth-order valence-electron chi connectivity index (χ4n) is 2.48. The molecule has 120 valence electrons. The van der Waals surface area contributed by atoms with E-state index in [2.05, 4.69) is 10.3 Å². The number of urea groups is 1. The van der Waals surface area contributed by atoms with Gasteiger partial charge >= 0.3 is 6.03 Å².